The van der Waals surface area contributed by atoms with E-state index in [4.69, 9.17) is 4.74 Å². The van der Waals surface area contributed by atoms with E-state index in [0.29, 0.717) is 5.88 Å². The molecule has 0 bridgehead atoms. The van der Waals surface area contributed by atoms with Crippen molar-refractivity contribution in [3.05, 3.63) is 51.7 Å². The monoisotopic (exact) mass is 327 g/mol. The molecule has 1 aromatic carbocycles. The number of ether oxygens (including phenoxy) is 1. The second-order valence-corrected chi connectivity index (χ2v) is 6.87. The zero-order valence-electron chi connectivity index (χ0n) is 15.9. The smallest absolute Gasteiger partial charge is 0.222 e. The van der Waals surface area contributed by atoms with E-state index in [1.165, 1.54) is 5.56 Å². The third-order valence-corrected chi connectivity index (χ3v) is 4.62. The zero-order chi connectivity index (χ0) is 18.0. The van der Waals surface area contributed by atoms with Crippen LogP contribution in [0, 0.1) is 34.6 Å². The maximum atomic E-state index is 10.1. The van der Waals surface area contributed by atoms with Crippen molar-refractivity contribution < 1.29 is 9.84 Å². The molecule has 0 fully saturated rings. The van der Waals surface area contributed by atoms with Crippen LogP contribution in [-0.2, 0) is 0 Å². The number of hydrogen-bond acceptors (Lipinski definition) is 3. The standard InChI is InChI=1S/C21H29NO2/c1-8-18(17(7)23)19-11-15(5)22-21(16(19)6)24-20-13(3)9-12(2)10-14(20)4/h9-11,17-18,23H,8H2,1-7H3. The molecule has 2 unspecified atom stereocenters. The van der Waals surface area contributed by atoms with Crippen molar-refractivity contribution in [2.75, 3.05) is 0 Å². The number of aryl methyl sites for hydroxylation is 4. The lowest BCUT2D eigenvalue weighted by atomic mass is 9.89. The van der Waals surface area contributed by atoms with Crippen molar-refractivity contribution in [2.24, 2.45) is 0 Å². The van der Waals surface area contributed by atoms with Gasteiger partial charge in [-0.05, 0) is 70.7 Å². The number of benzene rings is 1. The Kier molecular flexibility index (Phi) is 5.66. The molecule has 0 radical (unpaired) electrons. The maximum absolute atomic E-state index is 10.1. The van der Waals surface area contributed by atoms with E-state index in [0.717, 1.165) is 40.1 Å². The van der Waals surface area contributed by atoms with Gasteiger partial charge in [0, 0.05) is 17.2 Å². The van der Waals surface area contributed by atoms with Crippen LogP contribution in [0.5, 0.6) is 11.6 Å². The Labute approximate surface area is 145 Å². The number of rotatable bonds is 5. The molecule has 3 heteroatoms. The van der Waals surface area contributed by atoms with Crippen molar-refractivity contribution in [2.45, 2.75) is 66.9 Å². The predicted octanol–water partition coefficient (Wildman–Crippen LogP) is 5.29. The van der Waals surface area contributed by atoms with Gasteiger partial charge in [-0.25, -0.2) is 4.98 Å². The fourth-order valence-corrected chi connectivity index (χ4v) is 3.46. The van der Waals surface area contributed by atoms with E-state index in [-0.39, 0.29) is 5.92 Å². The minimum absolute atomic E-state index is 0.0919. The maximum Gasteiger partial charge on any atom is 0.222 e. The van der Waals surface area contributed by atoms with Gasteiger partial charge in [-0.1, -0.05) is 24.6 Å². The highest BCUT2D eigenvalue weighted by Crippen LogP contribution is 2.35. The average molecular weight is 327 g/mol. The number of aliphatic hydroxyl groups excluding tert-OH is 1. The Morgan fingerprint density at radius 3 is 2.12 bits per heavy atom. The molecular weight excluding hydrogens is 298 g/mol. The summed E-state index contributed by atoms with van der Waals surface area (Å²) in [5.41, 5.74) is 6.49. The Morgan fingerprint density at radius 1 is 1.04 bits per heavy atom. The van der Waals surface area contributed by atoms with E-state index in [2.05, 4.69) is 50.9 Å². The molecule has 1 N–H and O–H groups in total. The van der Waals surface area contributed by atoms with Gasteiger partial charge < -0.3 is 9.84 Å². The van der Waals surface area contributed by atoms with Gasteiger partial charge in [0.05, 0.1) is 6.10 Å². The SMILES string of the molecule is CCC(c1cc(C)nc(Oc2c(C)cc(C)cc2C)c1C)C(C)O. The third kappa shape index (κ3) is 3.78. The van der Waals surface area contributed by atoms with Crippen molar-refractivity contribution in [1.29, 1.82) is 0 Å². The van der Waals surface area contributed by atoms with Gasteiger partial charge in [0.15, 0.2) is 0 Å². The van der Waals surface area contributed by atoms with Crippen molar-refractivity contribution in [1.82, 2.24) is 4.98 Å². The number of aromatic nitrogens is 1. The number of aliphatic hydroxyl groups is 1. The lowest BCUT2D eigenvalue weighted by Gasteiger charge is -2.23. The largest absolute Gasteiger partial charge is 0.438 e. The quantitative estimate of drug-likeness (QED) is 0.811. The molecule has 0 aliphatic heterocycles. The molecule has 1 aromatic heterocycles. The molecule has 3 nitrogen and oxygen atoms in total. The van der Waals surface area contributed by atoms with Crippen LogP contribution in [0.3, 0.4) is 0 Å². The molecule has 0 spiro atoms. The second kappa shape index (κ2) is 7.35. The molecule has 0 saturated heterocycles. The van der Waals surface area contributed by atoms with Crippen molar-refractivity contribution >= 4 is 0 Å². The summed E-state index contributed by atoms with van der Waals surface area (Å²) < 4.78 is 6.23. The van der Waals surface area contributed by atoms with E-state index in [1.54, 1.807) is 0 Å². The molecular formula is C21H29NO2. The van der Waals surface area contributed by atoms with Gasteiger partial charge in [-0.3, -0.25) is 0 Å². The van der Waals surface area contributed by atoms with Gasteiger partial charge in [0.1, 0.15) is 5.75 Å². The van der Waals surface area contributed by atoms with Crippen LogP contribution in [0.15, 0.2) is 18.2 Å². The zero-order valence-corrected chi connectivity index (χ0v) is 15.9. The minimum Gasteiger partial charge on any atom is -0.438 e. The molecule has 2 aromatic rings. The molecule has 2 rings (SSSR count). The number of pyridine rings is 1. The fraction of sp³-hybridized carbons (Fsp3) is 0.476. The van der Waals surface area contributed by atoms with Gasteiger partial charge in [-0.15, -0.1) is 0 Å². The first-order valence-electron chi connectivity index (χ1n) is 8.66. The summed E-state index contributed by atoms with van der Waals surface area (Å²) in [6.07, 6.45) is 0.482. The Morgan fingerprint density at radius 2 is 1.62 bits per heavy atom. The summed E-state index contributed by atoms with van der Waals surface area (Å²) in [6.45, 7) is 14.2. The van der Waals surface area contributed by atoms with Crippen LogP contribution in [0.25, 0.3) is 0 Å². The first-order chi connectivity index (χ1) is 11.2. The average Bonchev–Trinajstić information content (AvgIpc) is 2.47. The Hall–Kier alpha value is -1.87. The topological polar surface area (TPSA) is 42.4 Å². The van der Waals surface area contributed by atoms with Crippen molar-refractivity contribution in [3.8, 4) is 11.6 Å². The molecule has 1 heterocycles. The molecule has 0 amide bonds. The lowest BCUT2D eigenvalue weighted by molar-refractivity contribution is 0.159. The van der Waals surface area contributed by atoms with Crippen LogP contribution >= 0.6 is 0 Å². The van der Waals surface area contributed by atoms with Crippen LogP contribution < -0.4 is 4.74 Å². The Bertz CT molecular complexity index is 712. The summed E-state index contributed by atoms with van der Waals surface area (Å²) in [7, 11) is 0. The second-order valence-electron chi connectivity index (χ2n) is 6.87. The van der Waals surface area contributed by atoms with Crippen LogP contribution in [0.4, 0.5) is 0 Å². The van der Waals surface area contributed by atoms with Gasteiger partial charge in [0.2, 0.25) is 5.88 Å². The molecule has 0 aliphatic carbocycles. The summed E-state index contributed by atoms with van der Waals surface area (Å²) in [5, 5.41) is 10.1. The summed E-state index contributed by atoms with van der Waals surface area (Å²) >= 11 is 0. The lowest BCUT2D eigenvalue weighted by Crippen LogP contribution is -2.16. The van der Waals surface area contributed by atoms with Crippen molar-refractivity contribution in [3.63, 3.8) is 0 Å². The number of hydrogen-bond donors (Lipinski definition) is 1. The van der Waals surface area contributed by atoms with Crippen LogP contribution in [-0.4, -0.2) is 16.2 Å². The summed E-state index contributed by atoms with van der Waals surface area (Å²) in [4.78, 5) is 4.61. The van der Waals surface area contributed by atoms with Crippen LogP contribution in [0.2, 0.25) is 0 Å². The minimum atomic E-state index is -0.397. The highest BCUT2D eigenvalue weighted by Gasteiger charge is 2.21. The van der Waals surface area contributed by atoms with Gasteiger partial charge in [-0.2, -0.15) is 0 Å². The van der Waals surface area contributed by atoms with Crippen LogP contribution in [0.1, 0.15) is 59.7 Å². The highest BCUT2D eigenvalue weighted by atomic mass is 16.5. The molecule has 24 heavy (non-hydrogen) atoms. The summed E-state index contributed by atoms with van der Waals surface area (Å²) in [5.74, 6) is 1.60. The fourth-order valence-electron chi connectivity index (χ4n) is 3.46. The van der Waals surface area contributed by atoms with Gasteiger partial charge in [0.25, 0.3) is 0 Å². The molecule has 2 atom stereocenters. The Balaban J connectivity index is 2.51. The van der Waals surface area contributed by atoms with E-state index in [1.807, 2.05) is 20.8 Å². The highest BCUT2D eigenvalue weighted by molar-refractivity contribution is 5.47. The first kappa shape index (κ1) is 18.5. The normalized spacial score (nSPS) is 13.7. The number of nitrogens with zero attached hydrogens (tertiary/aromatic N) is 1. The molecule has 0 saturated carbocycles. The van der Waals surface area contributed by atoms with E-state index in [9.17, 15) is 5.11 Å². The first-order valence-corrected chi connectivity index (χ1v) is 8.66. The molecule has 130 valence electrons. The van der Waals surface area contributed by atoms with E-state index >= 15 is 0 Å². The summed E-state index contributed by atoms with van der Waals surface area (Å²) in [6, 6.07) is 6.32. The van der Waals surface area contributed by atoms with Gasteiger partial charge >= 0.3 is 0 Å². The predicted molar refractivity (Wildman–Crippen MR) is 99.2 cm³/mol. The van der Waals surface area contributed by atoms with E-state index < -0.39 is 6.10 Å². The third-order valence-electron chi connectivity index (χ3n) is 4.62. The molecule has 0 aliphatic rings.